The van der Waals surface area contributed by atoms with Crippen molar-refractivity contribution in [1.82, 2.24) is 10.6 Å². The van der Waals surface area contributed by atoms with Gasteiger partial charge in [0.1, 0.15) is 0 Å². The normalized spacial score (nSPS) is 18.1. The predicted octanol–water partition coefficient (Wildman–Crippen LogP) is 2.33. The number of piperidine rings is 1. The molecule has 20 heavy (non-hydrogen) atoms. The molecule has 1 aliphatic rings. The maximum atomic E-state index is 11.9. The summed E-state index contributed by atoms with van der Waals surface area (Å²) in [5, 5.41) is 6.42. The number of carbonyl (C=O) groups is 1. The Morgan fingerprint density at radius 2 is 2.00 bits per heavy atom. The number of hydrogen-bond acceptors (Lipinski definition) is 2. The number of aryl methyl sites for hydroxylation is 1. The predicted molar refractivity (Wildman–Crippen MR) is 85.4 cm³/mol. The molecule has 4 heteroatoms. The van der Waals surface area contributed by atoms with Gasteiger partial charge < -0.3 is 10.6 Å². The Labute approximate surface area is 127 Å². The second-order valence-corrected chi connectivity index (χ2v) is 5.36. The lowest BCUT2D eigenvalue weighted by molar-refractivity contribution is -0.120. The summed E-state index contributed by atoms with van der Waals surface area (Å²) in [6.45, 7) is 5.10. The highest BCUT2D eigenvalue weighted by Crippen LogP contribution is 2.09. The Morgan fingerprint density at radius 3 is 2.60 bits per heavy atom. The average Bonchev–Trinajstić information content (AvgIpc) is 2.47. The van der Waals surface area contributed by atoms with E-state index in [2.05, 4.69) is 41.8 Å². The minimum atomic E-state index is 0. The van der Waals surface area contributed by atoms with E-state index in [1.54, 1.807) is 0 Å². The number of halogens is 1. The van der Waals surface area contributed by atoms with Gasteiger partial charge >= 0.3 is 0 Å². The van der Waals surface area contributed by atoms with Crippen molar-refractivity contribution in [2.24, 2.45) is 5.92 Å². The van der Waals surface area contributed by atoms with Gasteiger partial charge in [0.2, 0.25) is 5.91 Å². The number of rotatable bonds is 5. The monoisotopic (exact) mass is 296 g/mol. The summed E-state index contributed by atoms with van der Waals surface area (Å²) in [5.74, 6) is 0.731. The molecular weight excluding hydrogens is 272 g/mol. The van der Waals surface area contributed by atoms with Crippen molar-refractivity contribution in [3.05, 3.63) is 35.4 Å². The van der Waals surface area contributed by atoms with E-state index in [9.17, 15) is 4.79 Å². The van der Waals surface area contributed by atoms with E-state index in [0.717, 1.165) is 31.6 Å². The van der Waals surface area contributed by atoms with E-state index in [1.165, 1.54) is 18.4 Å². The molecule has 1 aromatic carbocycles. The molecule has 2 N–H and O–H groups in total. The minimum Gasteiger partial charge on any atom is -0.355 e. The van der Waals surface area contributed by atoms with Gasteiger partial charge in [-0.3, -0.25) is 4.79 Å². The Morgan fingerprint density at radius 1 is 1.30 bits per heavy atom. The summed E-state index contributed by atoms with van der Waals surface area (Å²) < 4.78 is 0. The molecule has 1 heterocycles. The fourth-order valence-corrected chi connectivity index (χ4v) is 2.50. The SMILES string of the molecule is CCc1ccc(CC(=O)NCC2CCCNC2)cc1.Cl. The van der Waals surface area contributed by atoms with Crippen molar-refractivity contribution in [3.8, 4) is 0 Å². The standard InChI is InChI=1S/C16H24N2O.ClH/c1-2-13-5-7-14(8-6-13)10-16(19)18-12-15-4-3-9-17-11-15;/h5-8,15,17H,2-4,9-12H2,1H3,(H,18,19);1H. The Bertz CT molecular complexity index is 399. The number of benzene rings is 1. The van der Waals surface area contributed by atoms with Gasteiger partial charge in [0, 0.05) is 6.54 Å². The molecule has 1 atom stereocenters. The lowest BCUT2D eigenvalue weighted by atomic mass is 9.99. The van der Waals surface area contributed by atoms with Gasteiger partial charge in [-0.15, -0.1) is 12.4 Å². The van der Waals surface area contributed by atoms with Gasteiger partial charge in [-0.25, -0.2) is 0 Å². The molecule has 0 aromatic heterocycles. The minimum absolute atomic E-state index is 0. The van der Waals surface area contributed by atoms with Crippen LogP contribution in [0, 0.1) is 5.92 Å². The Kier molecular flexibility index (Phi) is 7.63. The van der Waals surface area contributed by atoms with Crippen LogP contribution in [-0.2, 0) is 17.6 Å². The number of hydrogen-bond donors (Lipinski definition) is 2. The molecule has 0 spiro atoms. The second kappa shape index (κ2) is 8.98. The third-order valence-electron chi connectivity index (χ3n) is 3.78. The molecule has 1 saturated heterocycles. The molecule has 112 valence electrons. The van der Waals surface area contributed by atoms with Crippen LogP contribution in [0.5, 0.6) is 0 Å². The van der Waals surface area contributed by atoms with E-state index in [0.29, 0.717) is 12.3 Å². The van der Waals surface area contributed by atoms with E-state index in [4.69, 9.17) is 0 Å². The van der Waals surface area contributed by atoms with Crippen molar-refractivity contribution < 1.29 is 4.79 Å². The fraction of sp³-hybridized carbons (Fsp3) is 0.562. The molecule has 0 bridgehead atoms. The van der Waals surface area contributed by atoms with Gasteiger partial charge in [-0.1, -0.05) is 31.2 Å². The summed E-state index contributed by atoms with van der Waals surface area (Å²) in [7, 11) is 0. The third-order valence-corrected chi connectivity index (χ3v) is 3.78. The van der Waals surface area contributed by atoms with Crippen LogP contribution in [0.1, 0.15) is 30.9 Å². The van der Waals surface area contributed by atoms with Gasteiger partial charge in [-0.2, -0.15) is 0 Å². The van der Waals surface area contributed by atoms with E-state index < -0.39 is 0 Å². The number of nitrogens with one attached hydrogen (secondary N) is 2. The van der Waals surface area contributed by atoms with Crippen LogP contribution >= 0.6 is 12.4 Å². The zero-order chi connectivity index (χ0) is 13.5. The molecule has 1 amide bonds. The molecule has 1 aliphatic heterocycles. The van der Waals surface area contributed by atoms with Crippen LogP contribution in [0.15, 0.2) is 24.3 Å². The molecule has 1 unspecified atom stereocenters. The molecule has 0 radical (unpaired) electrons. The smallest absolute Gasteiger partial charge is 0.224 e. The van der Waals surface area contributed by atoms with Crippen LogP contribution in [0.3, 0.4) is 0 Å². The van der Waals surface area contributed by atoms with Gasteiger partial charge in [0.15, 0.2) is 0 Å². The summed E-state index contributed by atoms with van der Waals surface area (Å²) in [5.41, 5.74) is 2.41. The number of carbonyl (C=O) groups excluding carboxylic acids is 1. The number of amides is 1. The van der Waals surface area contributed by atoms with Gasteiger partial charge in [0.05, 0.1) is 6.42 Å². The van der Waals surface area contributed by atoms with Crippen molar-refractivity contribution in [1.29, 1.82) is 0 Å². The van der Waals surface area contributed by atoms with Crippen LogP contribution in [0.25, 0.3) is 0 Å². The quantitative estimate of drug-likeness (QED) is 0.875. The van der Waals surface area contributed by atoms with E-state index in [-0.39, 0.29) is 18.3 Å². The van der Waals surface area contributed by atoms with E-state index in [1.807, 2.05) is 0 Å². The summed E-state index contributed by atoms with van der Waals surface area (Å²) in [6, 6.07) is 8.32. The zero-order valence-electron chi connectivity index (χ0n) is 12.2. The first-order chi connectivity index (χ1) is 9.28. The largest absolute Gasteiger partial charge is 0.355 e. The maximum absolute atomic E-state index is 11.9. The molecule has 3 nitrogen and oxygen atoms in total. The van der Waals surface area contributed by atoms with Crippen molar-refractivity contribution >= 4 is 18.3 Å². The van der Waals surface area contributed by atoms with Gasteiger partial charge in [0.25, 0.3) is 0 Å². The van der Waals surface area contributed by atoms with Crippen LogP contribution < -0.4 is 10.6 Å². The fourth-order valence-electron chi connectivity index (χ4n) is 2.50. The molecule has 1 aromatic rings. The molecular formula is C16H25ClN2O. The van der Waals surface area contributed by atoms with E-state index >= 15 is 0 Å². The average molecular weight is 297 g/mol. The maximum Gasteiger partial charge on any atom is 0.224 e. The van der Waals surface area contributed by atoms with Gasteiger partial charge in [-0.05, 0) is 49.4 Å². The summed E-state index contributed by atoms with van der Waals surface area (Å²) in [6.07, 6.45) is 3.97. The summed E-state index contributed by atoms with van der Waals surface area (Å²) in [4.78, 5) is 11.9. The summed E-state index contributed by atoms with van der Waals surface area (Å²) >= 11 is 0. The Hall–Kier alpha value is -1.06. The van der Waals surface area contributed by atoms with Crippen LogP contribution in [0.2, 0.25) is 0 Å². The van der Waals surface area contributed by atoms with Crippen LogP contribution in [0.4, 0.5) is 0 Å². The molecule has 0 aliphatic carbocycles. The van der Waals surface area contributed by atoms with Crippen molar-refractivity contribution in [3.63, 3.8) is 0 Å². The molecule has 2 rings (SSSR count). The topological polar surface area (TPSA) is 41.1 Å². The lowest BCUT2D eigenvalue weighted by Gasteiger charge is -2.22. The first-order valence-corrected chi connectivity index (χ1v) is 7.33. The lowest BCUT2D eigenvalue weighted by Crippen LogP contribution is -2.38. The van der Waals surface area contributed by atoms with Crippen molar-refractivity contribution in [2.75, 3.05) is 19.6 Å². The van der Waals surface area contributed by atoms with Crippen molar-refractivity contribution in [2.45, 2.75) is 32.6 Å². The molecule has 0 saturated carbocycles. The highest BCUT2D eigenvalue weighted by molar-refractivity contribution is 5.85. The first kappa shape index (κ1) is 17.0. The molecule has 1 fully saturated rings. The van der Waals surface area contributed by atoms with Crippen LogP contribution in [-0.4, -0.2) is 25.5 Å². The highest BCUT2D eigenvalue weighted by atomic mass is 35.5. The Balaban J connectivity index is 0.00000200. The first-order valence-electron chi connectivity index (χ1n) is 7.33. The highest BCUT2D eigenvalue weighted by Gasteiger charge is 2.13. The second-order valence-electron chi connectivity index (χ2n) is 5.36. The third kappa shape index (κ3) is 5.51. The zero-order valence-corrected chi connectivity index (χ0v) is 13.0.